The van der Waals surface area contributed by atoms with Gasteiger partial charge < -0.3 is 14.4 Å². The lowest BCUT2D eigenvalue weighted by molar-refractivity contribution is 0.0985. The van der Waals surface area contributed by atoms with Crippen LogP contribution < -0.4 is 14.4 Å². The first-order chi connectivity index (χ1) is 18.8. The average molecular weight is 603 g/mol. The Morgan fingerprint density at radius 2 is 1.65 bits per heavy atom. The van der Waals surface area contributed by atoms with Crippen LogP contribution in [0.1, 0.15) is 22.8 Å². The molecule has 9 nitrogen and oxygen atoms in total. The number of carbonyl (C=O) groups is 1. The Hall–Kier alpha value is -3.22. The van der Waals surface area contributed by atoms with Crippen molar-refractivity contribution < 1.29 is 22.7 Å². The highest BCUT2D eigenvalue weighted by Gasteiger charge is 2.26. The Morgan fingerprint density at radius 1 is 0.975 bits per heavy atom. The van der Waals surface area contributed by atoms with Crippen molar-refractivity contribution in [2.24, 2.45) is 0 Å². The molecule has 0 unspecified atom stereocenters. The van der Waals surface area contributed by atoms with Gasteiger partial charge in [0.15, 0.2) is 16.6 Å². The monoisotopic (exact) mass is 602 g/mol. The van der Waals surface area contributed by atoms with Gasteiger partial charge in [0, 0.05) is 43.9 Å². The molecule has 4 aromatic rings. The molecule has 0 saturated carbocycles. The van der Waals surface area contributed by atoms with E-state index in [4.69, 9.17) is 14.5 Å². The van der Waals surface area contributed by atoms with Gasteiger partial charge in [-0.25, -0.2) is 13.4 Å². The molecule has 2 heterocycles. The van der Waals surface area contributed by atoms with E-state index in [1.54, 1.807) is 17.0 Å². The summed E-state index contributed by atoms with van der Waals surface area (Å²) < 4.78 is 40.0. The Morgan fingerprint density at radius 3 is 2.30 bits per heavy atom. The van der Waals surface area contributed by atoms with Crippen molar-refractivity contribution in [1.82, 2.24) is 14.2 Å². The summed E-state index contributed by atoms with van der Waals surface area (Å²) in [4.78, 5) is 22.2. The summed E-state index contributed by atoms with van der Waals surface area (Å²) in [7, 11) is 0.138. The number of fused-ring (bicyclic) bond motifs is 2. The molecule has 3 aromatic carbocycles. The first kappa shape index (κ1) is 29.8. The van der Waals surface area contributed by atoms with Crippen LogP contribution in [0.5, 0.6) is 11.5 Å². The second-order valence-corrected chi connectivity index (χ2v) is 12.3. The number of halogens is 1. The van der Waals surface area contributed by atoms with Gasteiger partial charge in [-0.2, -0.15) is 4.31 Å². The van der Waals surface area contributed by atoms with Gasteiger partial charge in [-0.1, -0.05) is 48.6 Å². The number of aromatic nitrogens is 1. The molecule has 40 heavy (non-hydrogen) atoms. The normalized spacial score (nSPS) is 12.6. The molecule has 0 N–H and O–H groups in total. The zero-order valence-electron chi connectivity index (χ0n) is 22.4. The van der Waals surface area contributed by atoms with Crippen LogP contribution in [0.4, 0.5) is 5.13 Å². The Labute approximate surface area is 244 Å². The highest BCUT2D eigenvalue weighted by molar-refractivity contribution is 7.89. The number of benzene rings is 3. The van der Waals surface area contributed by atoms with Gasteiger partial charge >= 0.3 is 0 Å². The van der Waals surface area contributed by atoms with Crippen LogP contribution in [0.2, 0.25) is 0 Å². The summed E-state index contributed by atoms with van der Waals surface area (Å²) in [5, 5.41) is 0.553. The molecule has 0 fully saturated rings. The molecule has 212 valence electrons. The maximum atomic E-state index is 13.7. The van der Waals surface area contributed by atoms with Gasteiger partial charge in [0.2, 0.25) is 16.8 Å². The zero-order chi connectivity index (χ0) is 27.6. The van der Waals surface area contributed by atoms with E-state index in [9.17, 15) is 13.2 Å². The van der Waals surface area contributed by atoms with Crippen molar-refractivity contribution >= 4 is 55.0 Å². The van der Waals surface area contributed by atoms with Crippen LogP contribution in [0.25, 0.3) is 10.2 Å². The highest BCUT2D eigenvalue weighted by atomic mass is 35.5. The lowest BCUT2D eigenvalue weighted by Gasteiger charge is -2.23. The molecule has 0 aliphatic carbocycles. The number of hydrogen-bond acceptors (Lipinski definition) is 8. The Bertz CT molecular complexity index is 1540. The van der Waals surface area contributed by atoms with E-state index in [0.29, 0.717) is 41.8 Å². The molecule has 12 heteroatoms. The third-order valence-corrected chi connectivity index (χ3v) is 9.39. The fourth-order valence-corrected chi connectivity index (χ4v) is 6.67. The van der Waals surface area contributed by atoms with Gasteiger partial charge in [-0.15, -0.1) is 12.4 Å². The smallest absolute Gasteiger partial charge is 0.260 e. The van der Waals surface area contributed by atoms with Gasteiger partial charge in [-0.3, -0.25) is 9.69 Å². The van der Waals surface area contributed by atoms with E-state index in [1.807, 2.05) is 68.4 Å². The van der Waals surface area contributed by atoms with Gasteiger partial charge in [-0.05, 0) is 43.9 Å². The third-order valence-electron chi connectivity index (χ3n) is 6.41. The molecule has 0 saturated heterocycles. The lowest BCUT2D eigenvalue weighted by Crippen LogP contribution is -2.36. The van der Waals surface area contributed by atoms with Gasteiger partial charge in [0.25, 0.3) is 5.91 Å². The van der Waals surface area contributed by atoms with E-state index >= 15 is 0 Å². The highest BCUT2D eigenvalue weighted by Crippen LogP contribution is 2.40. The first-order valence-electron chi connectivity index (χ1n) is 12.6. The molecule has 0 radical (unpaired) electrons. The molecule has 0 bridgehead atoms. The minimum atomic E-state index is -3.74. The molecular formula is C28H31ClN4O5S2. The molecule has 1 amide bonds. The number of thiazole rings is 1. The largest absolute Gasteiger partial charge is 0.454 e. The van der Waals surface area contributed by atoms with Crippen LogP contribution in [0, 0.1) is 0 Å². The number of nitrogens with zero attached hydrogens (tertiary/aromatic N) is 4. The van der Waals surface area contributed by atoms with Crippen molar-refractivity contribution in [2.45, 2.75) is 18.4 Å². The molecule has 0 atom stereocenters. The fourth-order valence-electron chi connectivity index (χ4n) is 4.23. The summed E-state index contributed by atoms with van der Waals surface area (Å²) in [5.74, 6) is 1.04. The number of rotatable bonds is 10. The van der Waals surface area contributed by atoms with Crippen LogP contribution >= 0.6 is 23.7 Å². The fraction of sp³-hybridized carbons (Fsp3) is 0.286. The second-order valence-electron chi connectivity index (χ2n) is 9.37. The quantitative estimate of drug-likeness (QED) is 0.256. The topological polar surface area (TPSA) is 92.3 Å². The maximum Gasteiger partial charge on any atom is 0.260 e. The molecule has 1 aliphatic rings. The van der Waals surface area contributed by atoms with E-state index in [1.165, 1.54) is 27.8 Å². The SMILES string of the molecule is CCN(Cc1ccccc1)S(=O)(=O)c1ccc(C(=O)N(CCN(C)C)c2nc3cc4c(cc3s2)OCO4)cc1.Cl. The van der Waals surface area contributed by atoms with Crippen LogP contribution in [-0.4, -0.2) is 69.0 Å². The summed E-state index contributed by atoms with van der Waals surface area (Å²) in [6.07, 6.45) is 0. The molecule has 5 rings (SSSR count). The van der Waals surface area contributed by atoms with E-state index in [-0.39, 0.29) is 36.5 Å². The number of amides is 1. The molecule has 0 spiro atoms. The van der Waals surface area contributed by atoms with Gasteiger partial charge in [0.05, 0.1) is 15.1 Å². The Balaban J connectivity index is 0.00000370. The number of likely N-dealkylation sites (N-methyl/N-ethyl adjacent to an activating group) is 1. The van der Waals surface area contributed by atoms with Crippen molar-refractivity contribution in [3.8, 4) is 11.5 Å². The number of sulfonamides is 1. The van der Waals surface area contributed by atoms with Crippen LogP contribution in [0.15, 0.2) is 71.6 Å². The van der Waals surface area contributed by atoms with Crippen molar-refractivity contribution in [1.29, 1.82) is 0 Å². The third kappa shape index (κ3) is 6.24. The summed E-state index contributed by atoms with van der Waals surface area (Å²) in [6.45, 7) is 3.64. The lowest BCUT2D eigenvalue weighted by atomic mass is 10.2. The van der Waals surface area contributed by atoms with Crippen LogP contribution in [-0.2, 0) is 16.6 Å². The minimum Gasteiger partial charge on any atom is -0.454 e. The predicted molar refractivity (Wildman–Crippen MR) is 159 cm³/mol. The first-order valence-corrected chi connectivity index (χ1v) is 14.8. The number of carbonyl (C=O) groups excluding carboxylic acids is 1. The maximum absolute atomic E-state index is 13.7. The van der Waals surface area contributed by atoms with E-state index < -0.39 is 10.0 Å². The summed E-state index contributed by atoms with van der Waals surface area (Å²) in [5.41, 5.74) is 2.01. The molecular weight excluding hydrogens is 572 g/mol. The van der Waals surface area contributed by atoms with E-state index in [0.717, 1.165) is 15.8 Å². The standard InChI is InChI=1S/C28H30N4O5S2.ClH/c1-4-31(18-20-8-6-5-7-9-20)39(34,35)22-12-10-21(11-13-22)27(33)32(15-14-30(2)3)28-29-23-16-24-25(37-19-36-24)17-26(23)38-28;/h5-13,16-17H,4,14-15,18-19H2,1-3H3;1H. The van der Waals surface area contributed by atoms with Crippen molar-refractivity contribution in [3.05, 3.63) is 77.9 Å². The summed E-state index contributed by atoms with van der Waals surface area (Å²) in [6, 6.07) is 19.3. The van der Waals surface area contributed by atoms with Crippen LogP contribution in [0.3, 0.4) is 0 Å². The Kier molecular flexibility index (Phi) is 9.32. The number of ether oxygens (including phenoxy) is 2. The van der Waals surface area contributed by atoms with Gasteiger partial charge in [0.1, 0.15) is 0 Å². The second kappa shape index (κ2) is 12.5. The number of anilines is 1. The summed E-state index contributed by atoms with van der Waals surface area (Å²) >= 11 is 1.40. The number of hydrogen-bond donors (Lipinski definition) is 0. The minimum absolute atomic E-state index is 0. The predicted octanol–water partition coefficient (Wildman–Crippen LogP) is 4.87. The molecule has 1 aromatic heterocycles. The zero-order valence-corrected chi connectivity index (χ0v) is 24.9. The van der Waals surface area contributed by atoms with E-state index in [2.05, 4.69) is 0 Å². The average Bonchev–Trinajstić information content (AvgIpc) is 3.56. The van der Waals surface area contributed by atoms with Crippen molar-refractivity contribution in [2.75, 3.05) is 45.4 Å². The van der Waals surface area contributed by atoms with Crippen molar-refractivity contribution in [3.63, 3.8) is 0 Å². The molecule has 1 aliphatic heterocycles.